The van der Waals surface area contributed by atoms with Crippen LogP contribution in [0.3, 0.4) is 0 Å². The van der Waals surface area contributed by atoms with Crippen LogP contribution in [0, 0.1) is 29.6 Å². The highest BCUT2D eigenvalue weighted by Gasteiger charge is 2.61. The number of nitrogens with one attached hydrogen (secondary N) is 1. The molecule has 3 amide bonds. The van der Waals surface area contributed by atoms with E-state index in [9.17, 15) is 19.2 Å². The minimum atomic E-state index is -1.04. The first-order valence-electron chi connectivity index (χ1n) is 10.5. The lowest BCUT2D eigenvalue weighted by molar-refractivity contribution is -0.162. The SMILES string of the molecule is COc1ccc(NC(=O)COC(=O)[C@@H](C(C)C)N2C(=O)[C@@H]3[C@H](C2=O)[C@H]2C=C[C@H]3C2)cc1. The van der Waals surface area contributed by atoms with Gasteiger partial charge in [0.1, 0.15) is 11.8 Å². The Bertz CT molecular complexity index is 908. The maximum absolute atomic E-state index is 13.0. The summed E-state index contributed by atoms with van der Waals surface area (Å²) in [5.41, 5.74) is 0.531. The van der Waals surface area contributed by atoms with Crippen molar-refractivity contribution in [2.75, 3.05) is 19.0 Å². The first kappa shape index (κ1) is 21.1. The molecule has 4 rings (SSSR count). The number of hydrogen-bond acceptors (Lipinski definition) is 6. The molecule has 1 N–H and O–H groups in total. The third-order valence-corrected chi connectivity index (χ3v) is 6.37. The van der Waals surface area contributed by atoms with Crippen molar-refractivity contribution in [3.8, 4) is 5.75 Å². The molecule has 3 aliphatic rings. The van der Waals surface area contributed by atoms with Gasteiger partial charge in [-0.3, -0.25) is 19.3 Å². The van der Waals surface area contributed by atoms with Crippen LogP contribution in [0.4, 0.5) is 5.69 Å². The van der Waals surface area contributed by atoms with Crippen molar-refractivity contribution in [2.45, 2.75) is 26.3 Å². The number of carbonyl (C=O) groups is 4. The summed E-state index contributed by atoms with van der Waals surface area (Å²) in [6.07, 6.45) is 4.84. The number of amides is 3. The highest BCUT2D eigenvalue weighted by molar-refractivity contribution is 6.09. The van der Waals surface area contributed by atoms with E-state index in [0.717, 1.165) is 11.3 Å². The number of fused-ring (bicyclic) bond motifs is 5. The average Bonchev–Trinajstić information content (AvgIpc) is 3.42. The number of ether oxygens (including phenoxy) is 2. The molecule has 0 radical (unpaired) electrons. The summed E-state index contributed by atoms with van der Waals surface area (Å²) in [5, 5.41) is 2.63. The molecule has 8 heteroatoms. The van der Waals surface area contributed by atoms with Gasteiger partial charge in [0, 0.05) is 5.69 Å². The van der Waals surface area contributed by atoms with E-state index in [1.54, 1.807) is 45.2 Å². The molecule has 1 aromatic carbocycles. The fourth-order valence-electron chi connectivity index (χ4n) is 4.97. The zero-order chi connectivity index (χ0) is 22.3. The zero-order valence-electron chi connectivity index (χ0n) is 17.7. The topological polar surface area (TPSA) is 102 Å². The van der Waals surface area contributed by atoms with Crippen LogP contribution >= 0.6 is 0 Å². The molecular weight excluding hydrogens is 400 g/mol. The largest absolute Gasteiger partial charge is 0.497 e. The Balaban J connectivity index is 1.39. The molecule has 1 aliphatic heterocycles. The molecule has 0 aromatic heterocycles. The maximum Gasteiger partial charge on any atom is 0.330 e. The van der Waals surface area contributed by atoms with Gasteiger partial charge in [-0.25, -0.2) is 4.79 Å². The Kier molecular flexibility index (Phi) is 5.56. The number of methoxy groups -OCH3 is 1. The van der Waals surface area contributed by atoms with Crippen LogP contribution in [-0.2, 0) is 23.9 Å². The predicted molar refractivity (Wildman–Crippen MR) is 111 cm³/mol. The van der Waals surface area contributed by atoms with Gasteiger partial charge in [0.2, 0.25) is 11.8 Å². The van der Waals surface area contributed by atoms with E-state index in [0.29, 0.717) is 11.4 Å². The Hall–Kier alpha value is -3.16. The summed E-state index contributed by atoms with van der Waals surface area (Å²) in [4.78, 5) is 52.2. The lowest BCUT2D eigenvalue weighted by atomic mass is 9.85. The van der Waals surface area contributed by atoms with Gasteiger partial charge in [0.25, 0.3) is 5.91 Å². The van der Waals surface area contributed by atoms with Crippen molar-refractivity contribution in [1.29, 1.82) is 0 Å². The van der Waals surface area contributed by atoms with Crippen molar-refractivity contribution in [3.05, 3.63) is 36.4 Å². The Labute approximate surface area is 180 Å². The lowest BCUT2D eigenvalue weighted by Gasteiger charge is -2.28. The number of esters is 1. The van der Waals surface area contributed by atoms with Crippen LogP contribution in [0.15, 0.2) is 36.4 Å². The summed E-state index contributed by atoms with van der Waals surface area (Å²) in [7, 11) is 1.54. The number of anilines is 1. The van der Waals surface area contributed by atoms with Crippen molar-refractivity contribution < 1.29 is 28.7 Å². The molecule has 2 aliphatic carbocycles. The molecule has 1 heterocycles. The minimum absolute atomic E-state index is 0.0653. The van der Waals surface area contributed by atoms with E-state index < -0.39 is 24.5 Å². The van der Waals surface area contributed by atoms with Gasteiger partial charge >= 0.3 is 5.97 Å². The number of benzene rings is 1. The van der Waals surface area contributed by atoms with Gasteiger partial charge in [0.05, 0.1) is 18.9 Å². The smallest absolute Gasteiger partial charge is 0.330 e. The van der Waals surface area contributed by atoms with E-state index >= 15 is 0 Å². The quantitative estimate of drug-likeness (QED) is 0.407. The summed E-state index contributed by atoms with van der Waals surface area (Å²) >= 11 is 0. The normalized spacial score (nSPS) is 26.9. The number of hydrogen-bond donors (Lipinski definition) is 1. The van der Waals surface area contributed by atoms with Gasteiger partial charge in [0.15, 0.2) is 6.61 Å². The first-order chi connectivity index (χ1) is 14.8. The van der Waals surface area contributed by atoms with Gasteiger partial charge in [-0.1, -0.05) is 26.0 Å². The third kappa shape index (κ3) is 3.71. The van der Waals surface area contributed by atoms with Crippen LogP contribution in [0.25, 0.3) is 0 Å². The van der Waals surface area contributed by atoms with Crippen LogP contribution in [0.1, 0.15) is 20.3 Å². The number of nitrogens with zero attached hydrogens (tertiary/aromatic N) is 1. The zero-order valence-corrected chi connectivity index (χ0v) is 17.7. The molecule has 1 saturated heterocycles. The number of allylic oxidation sites excluding steroid dienone is 2. The third-order valence-electron chi connectivity index (χ3n) is 6.37. The summed E-state index contributed by atoms with van der Waals surface area (Å²) in [6, 6.07) is 5.68. The standard InChI is InChI=1S/C23H26N2O6/c1-12(2)20(25-21(27)18-13-4-5-14(10-13)19(18)22(25)28)23(29)31-11-17(26)24-15-6-8-16(30-3)9-7-15/h4-9,12-14,18-20H,10-11H2,1-3H3,(H,24,26)/t13-,14-,18-,19+,20+/m0/s1. The van der Waals surface area contributed by atoms with E-state index in [1.165, 1.54) is 0 Å². The molecular formula is C23H26N2O6. The first-order valence-corrected chi connectivity index (χ1v) is 10.5. The number of imide groups is 1. The number of rotatable bonds is 7. The number of likely N-dealkylation sites (tertiary alicyclic amines) is 1. The predicted octanol–water partition coefficient (Wildman–Crippen LogP) is 2.01. The van der Waals surface area contributed by atoms with Crippen LogP contribution in [0.2, 0.25) is 0 Å². The van der Waals surface area contributed by atoms with Crippen molar-refractivity contribution in [3.63, 3.8) is 0 Å². The molecule has 1 saturated carbocycles. The summed E-state index contributed by atoms with van der Waals surface area (Å²) < 4.78 is 10.3. The van der Waals surface area contributed by atoms with Gasteiger partial charge in [-0.15, -0.1) is 0 Å². The highest BCUT2D eigenvalue weighted by atomic mass is 16.5. The van der Waals surface area contributed by atoms with E-state index in [2.05, 4.69) is 5.32 Å². The molecule has 1 aromatic rings. The van der Waals surface area contributed by atoms with E-state index in [1.807, 2.05) is 12.2 Å². The molecule has 8 nitrogen and oxygen atoms in total. The molecule has 164 valence electrons. The molecule has 5 atom stereocenters. The molecule has 0 unspecified atom stereocenters. The van der Waals surface area contributed by atoms with Crippen molar-refractivity contribution >= 4 is 29.4 Å². The molecule has 2 fully saturated rings. The Morgan fingerprint density at radius 1 is 1.06 bits per heavy atom. The summed E-state index contributed by atoms with van der Waals surface area (Å²) in [6.45, 7) is 3.00. The fraction of sp³-hybridized carbons (Fsp3) is 0.478. The monoisotopic (exact) mass is 426 g/mol. The van der Waals surface area contributed by atoms with Crippen molar-refractivity contribution in [2.24, 2.45) is 29.6 Å². The second kappa shape index (κ2) is 8.17. The minimum Gasteiger partial charge on any atom is -0.497 e. The molecule has 2 bridgehead atoms. The average molecular weight is 426 g/mol. The van der Waals surface area contributed by atoms with E-state index in [4.69, 9.17) is 9.47 Å². The maximum atomic E-state index is 13.0. The van der Waals surface area contributed by atoms with Crippen LogP contribution < -0.4 is 10.1 Å². The van der Waals surface area contributed by atoms with Crippen LogP contribution in [-0.4, -0.2) is 48.3 Å². The second-order valence-electron chi connectivity index (χ2n) is 8.62. The van der Waals surface area contributed by atoms with Gasteiger partial charge in [-0.05, 0) is 48.4 Å². The highest BCUT2D eigenvalue weighted by Crippen LogP contribution is 2.53. The summed E-state index contributed by atoms with van der Waals surface area (Å²) in [5.74, 6) is -2.18. The molecule has 0 spiro atoms. The van der Waals surface area contributed by atoms with Crippen LogP contribution in [0.5, 0.6) is 5.75 Å². The molecule has 31 heavy (non-hydrogen) atoms. The lowest BCUT2D eigenvalue weighted by Crippen LogP contribution is -2.50. The Morgan fingerprint density at radius 2 is 1.65 bits per heavy atom. The Morgan fingerprint density at radius 3 is 2.16 bits per heavy atom. The second-order valence-corrected chi connectivity index (χ2v) is 8.62. The van der Waals surface area contributed by atoms with Gasteiger partial charge < -0.3 is 14.8 Å². The number of carbonyl (C=O) groups excluding carboxylic acids is 4. The van der Waals surface area contributed by atoms with E-state index in [-0.39, 0.29) is 41.4 Å². The fourth-order valence-corrected chi connectivity index (χ4v) is 4.97. The van der Waals surface area contributed by atoms with Gasteiger partial charge in [-0.2, -0.15) is 0 Å². The van der Waals surface area contributed by atoms with Crippen molar-refractivity contribution in [1.82, 2.24) is 4.90 Å².